The van der Waals surface area contributed by atoms with Crippen molar-refractivity contribution in [3.8, 4) is 0 Å². The van der Waals surface area contributed by atoms with Crippen molar-refractivity contribution in [1.29, 1.82) is 0 Å². The molecule has 0 unspecified atom stereocenters. The number of anilines is 1. The number of benzene rings is 1. The van der Waals surface area contributed by atoms with Gasteiger partial charge in [-0.1, -0.05) is 12.1 Å². The predicted molar refractivity (Wildman–Crippen MR) is 71.1 cm³/mol. The topological polar surface area (TPSA) is 54.5 Å². The van der Waals surface area contributed by atoms with Gasteiger partial charge in [-0.05, 0) is 30.7 Å². The van der Waals surface area contributed by atoms with Crippen molar-refractivity contribution in [2.24, 2.45) is 0 Å². The lowest BCUT2D eigenvalue weighted by molar-refractivity contribution is -0.116. The summed E-state index contributed by atoms with van der Waals surface area (Å²) in [6.45, 7) is 3.38. The maximum Gasteiger partial charge on any atom is 0.224 e. The van der Waals surface area contributed by atoms with Crippen molar-refractivity contribution in [2.75, 3.05) is 10.7 Å². The highest BCUT2D eigenvalue weighted by Gasteiger charge is 2.29. The van der Waals surface area contributed by atoms with Gasteiger partial charge in [0.05, 0.1) is 11.8 Å². The molecule has 0 N–H and O–H groups in total. The highest BCUT2D eigenvalue weighted by atomic mass is 32.2. The fourth-order valence-corrected chi connectivity index (χ4v) is 3.37. The molecule has 96 valence electrons. The largest absolute Gasteiger partial charge is 0.305 e. The molecule has 0 radical (unpaired) electrons. The molecular weight excluding hydrogens is 250 g/mol. The number of carbonyl (C=O) groups excluding carboxylic acids is 1. The average Bonchev–Trinajstić information content (AvgIpc) is 2.58. The second kappa shape index (κ2) is 4.57. The van der Waals surface area contributed by atoms with E-state index < -0.39 is 15.9 Å². The van der Waals surface area contributed by atoms with Crippen LogP contribution in [0.5, 0.6) is 0 Å². The molecule has 1 amide bonds. The van der Waals surface area contributed by atoms with Crippen molar-refractivity contribution in [3.63, 3.8) is 0 Å². The van der Waals surface area contributed by atoms with E-state index in [-0.39, 0.29) is 11.7 Å². The lowest BCUT2D eigenvalue weighted by atomic mass is 10.1. The minimum absolute atomic E-state index is 0.0411. The fourth-order valence-electron chi connectivity index (χ4n) is 2.10. The van der Waals surface area contributed by atoms with Crippen LogP contribution in [0.1, 0.15) is 12.5 Å². The van der Waals surface area contributed by atoms with E-state index in [4.69, 9.17) is 0 Å². The van der Waals surface area contributed by atoms with Gasteiger partial charge in [-0.15, -0.1) is 0 Å². The lowest BCUT2D eigenvalue weighted by Crippen LogP contribution is -2.39. The molecule has 0 saturated carbocycles. The molecule has 1 aliphatic heterocycles. The van der Waals surface area contributed by atoms with E-state index in [1.165, 1.54) is 17.2 Å². The van der Waals surface area contributed by atoms with Crippen LogP contribution >= 0.6 is 0 Å². The zero-order valence-electron chi connectivity index (χ0n) is 10.3. The van der Waals surface area contributed by atoms with Crippen molar-refractivity contribution in [1.82, 2.24) is 0 Å². The molecule has 1 aromatic rings. The van der Waals surface area contributed by atoms with Crippen LogP contribution in [0, 0.1) is 6.92 Å². The first-order valence-corrected chi connectivity index (χ1v) is 7.38. The van der Waals surface area contributed by atoms with E-state index >= 15 is 0 Å². The van der Waals surface area contributed by atoms with Crippen LogP contribution in [0.4, 0.5) is 5.69 Å². The van der Waals surface area contributed by atoms with Crippen LogP contribution in [0.15, 0.2) is 35.7 Å². The van der Waals surface area contributed by atoms with Crippen molar-refractivity contribution < 1.29 is 13.2 Å². The van der Waals surface area contributed by atoms with Crippen LogP contribution in [-0.2, 0) is 14.6 Å². The zero-order chi connectivity index (χ0) is 13.3. The number of sulfone groups is 1. The minimum Gasteiger partial charge on any atom is -0.305 e. The van der Waals surface area contributed by atoms with Crippen LogP contribution in [0.3, 0.4) is 0 Å². The third kappa shape index (κ3) is 2.61. The standard InChI is InChI=1S/C13H15NO3S/c1-10-4-3-5-12(8-10)14(11(2)15)13-6-7-18(16,17)9-13/h3-8,13H,9H2,1-2H3/t13-/m1/s1. The summed E-state index contributed by atoms with van der Waals surface area (Å²) in [6, 6.07) is 7.07. The van der Waals surface area contributed by atoms with Gasteiger partial charge in [0.15, 0.2) is 9.84 Å². The Morgan fingerprint density at radius 1 is 1.39 bits per heavy atom. The summed E-state index contributed by atoms with van der Waals surface area (Å²) < 4.78 is 22.9. The molecule has 1 heterocycles. The Bertz CT molecular complexity index is 604. The number of rotatable bonds is 2. The molecule has 0 saturated heterocycles. The first-order valence-electron chi connectivity index (χ1n) is 5.66. The van der Waals surface area contributed by atoms with E-state index in [0.717, 1.165) is 11.3 Å². The van der Waals surface area contributed by atoms with Crippen LogP contribution in [0.25, 0.3) is 0 Å². The summed E-state index contributed by atoms with van der Waals surface area (Å²) in [7, 11) is -3.17. The Hall–Kier alpha value is -1.62. The molecule has 1 aliphatic rings. The molecule has 0 bridgehead atoms. The highest BCUT2D eigenvalue weighted by molar-refractivity contribution is 7.94. The van der Waals surface area contributed by atoms with E-state index in [1.54, 1.807) is 6.08 Å². The zero-order valence-corrected chi connectivity index (χ0v) is 11.1. The Labute approximate surface area is 107 Å². The van der Waals surface area contributed by atoms with Crippen molar-refractivity contribution >= 4 is 21.4 Å². The number of aryl methyl sites for hydroxylation is 1. The van der Waals surface area contributed by atoms with Gasteiger partial charge in [0, 0.05) is 18.0 Å². The van der Waals surface area contributed by atoms with E-state index in [0.29, 0.717) is 0 Å². The van der Waals surface area contributed by atoms with Gasteiger partial charge in [0.1, 0.15) is 0 Å². The van der Waals surface area contributed by atoms with Crippen LogP contribution < -0.4 is 4.90 Å². The number of hydrogen-bond acceptors (Lipinski definition) is 3. The highest BCUT2D eigenvalue weighted by Crippen LogP contribution is 2.23. The number of nitrogens with zero attached hydrogens (tertiary/aromatic N) is 1. The average molecular weight is 265 g/mol. The molecule has 1 atom stereocenters. The van der Waals surface area contributed by atoms with E-state index in [1.807, 2.05) is 31.2 Å². The van der Waals surface area contributed by atoms with Crippen LogP contribution in [-0.4, -0.2) is 26.1 Å². The Kier molecular flexibility index (Phi) is 3.26. The molecular formula is C13H15NO3S. The predicted octanol–water partition coefficient (Wildman–Crippen LogP) is 1.66. The monoisotopic (exact) mass is 265 g/mol. The summed E-state index contributed by atoms with van der Waals surface area (Å²) in [5.41, 5.74) is 1.76. The number of amides is 1. The molecule has 2 rings (SSSR count). The van der Waals surface area contributed by atoms with Gasteiger partial charge in [-0.25, -0.2) is 8.42 Å². The molecule has 0 fully saturated rings. The lowest BCUT2D eigenvalue weighted by Gasteiger charge is -2.26. The van der Waals surface area contributed by atoms with Crippen molar-refractivity contribution in [2.45, 2.75) is 19.9 Å². The molecule has 18 heavy (non-hydrogen) atoms. The molecule has 1 aromatic carbocycles. The van der Waals surface area contributed by atoms with E-state index in [9.17, 15) is 13.2 Å². The Morgan fingerprint density at radius 2 is 2.11 bits per heavy atom. The maximum absolute atomic E-state index is 11.8. The second-order valence-corrected chi connectivity index (χ2v) is 6.38. The molecule has 0 spiro atoms. The van der Waals surface area contributed by atoms with Gasteiger partial charge in [0.2, 0.25) is 5.91 Å². The third-order valence-corrected chi connectivity index (χ3v) is 4.24. The van der Waals surface area contributed by atoms with Crippen molar-refractivity contribution in [3.05, 3.63) is 41.3 Å². The van der Waals surface area contributed by atoms with Gasteiger partial charge in [0.25, 0.3) is 0 Å². The van der Waals surface area contributed by atoms with Gasteiger partial charge in [-0.3, -0.25) is 4.79 Å². The third-order valence-electron chi connectivity index (χ3n) is 2.86. The fraction of sp³-hybridized carbons (Fsp3) is 0.308. The second-order valence-electron chi connectivity index (χ2n) is 4.45. The van der Waals surface area contributed by atoms with Gasteiger partial charge >= 0.3 is 0 Å². The van der Waals surface area contributed by atoms with E-state index in [2.05, 4.69) is 0 Å². The number of hydrogen-bond donors (Lipinski definition) is 0. The normalized spacial score (nSPS) is 20.9. The molecule has 0 aromatic heterocycles. The minimum atomic E-state index is -3.17. The summed E-state index contributed by atoms with van der Waals surface area (Å²) in [5.74, 6) is -0.201. The first-order chi connectivity index (χ1) is 8.39. The summed E-state index contributed by atoms with van der Waals surface area (Å²) in [4.78, 5) is 13.3. The smallest absolute Gasteiger partial charge is 0.224 e. The van der Waals surface area contributed by atoms with Crippen LogP contribution in [0.2, 0.25) is 0 Å². The number of carbonyl (C=O) groups is 1. The Morgan fingerprint density at radius 3 is 2.61 bits per heavy atom. The molecule has 5 heteroatoms. The summed E-state index contributed by atoms with van der Waals surface area (Å²) >= 11 is 0. The SMILES string of the molecule is CC(=O)N(c1cccc(C)c1)[C@@H]1C=CS(=O)(=O)C1. The Balaban J connectivity index is 2.37. The first kappa shape index (κ1) is 12.8. The van der Waals surface area contributed by atoms with Gasteiger partial charge < -0.3 is 4.90 Å². The molecule has 4 nitrogen and oxygen atoms in total. The quantitative estimate of drug-likeness (QED) is 0.817. The summed E-state index contributed by atoms with van der Waals surface area (Å²) in [6.07, 6.45) is 1.57. The summed E-state index contributed by atoms with van der Waals surface area (Å²) in [5, 5.41) is 1.18. The molecule has 0 aliphatic carbocycles. The maximum atomic E-state index is 11.8. The van der Waals surface area contributed by atoms with Gasteiger partial charge in [-0.2, -0.15) is 0 Å².